The first-order valence-electron chi connectivity index (χ1n) is 6.77. The third-order valence-electron chi connectivity index (χ3n) is 3.41. The van der Waals surface area contributed by atoms with Crippen molar-refractivity contribution in [3.63, 3.8) is 0 Å². The van der Waals surface area contributed by atoms with Crippen molar-refractivity contribution in [3.05, 3.63) is 0 Å². The molecule has 1 saturated heterocycles. The van der Waals surface area contributed by atoms with Crippen LogP contribution in [0, 0.1) is 5.92 Å². The molecule has 5 nitrogen and oxygen atoms in total. The lowest BCUT2D eigenvalue weighted by molar-refractivity contribution is -0.188. The van der Waals surface area contributed by atoms with E-state index in [1.165, 1.54) is 0 Å². The number of halogens is 3. The van der Waals surface area contributed by atoms with Crippen LogP contribution in [-0.2, 0) is 19.1 Å². The topological polar surface area (TPSA) is 63.7 Å². The smallest absolute Gasteiger partial charge is 0.401 e. The lowest BCUT2D eigenvalue weighted by atomic mass is 9.99. The highest BCUT2D eigenvalue weighted by molar-refractivity contribution is 8.13. The average Bonchev–Trinajstić information content (AvgIpc) is 2.44. The quantitative estimate of drug-likeness (QED) is 0.732. The summed E-state index contributed by atoms with van der Waals surface area (Å²) in [6.45, 7) is 1.22. The van der Waals surface area contributed by atoms with Crippen molar-refractivity contribution >= 4 is 28.8 Å². The number of carbonyl (C=O) groups is 3. The zero-order valence-electron chi connectivity index (χ0n) is 12.3. The first kappa shape index (κ1) is 18.8. The van der Waals surface area contributed by atoms with Gasteiger partial charge in [-0.2, -0.15) is 13.2 Å². The fourth-order valence-electron chi connectivity index (χ4n) is 2.28. The van der Waals surface area contributed by atoms with Gasteiger partial charge in [0.15, 0.2) is 5.12 Å². The average molecular weight is 341 g/mol. The van der Waals surface area contributed by atoms with Crippen molar-refractivity contribution in [2.75, 3.05) is 19.4 Å². The predicted molar refractivity (Wildman–Crippen MR) is 74.1 cm³/mol. The van der Waals surface area contributed by atoms with Crippen LogP contribution in [0.5, 0.6) is 0 Å². The number of amides is 1. The number of hydrogen-bond acceptors (Lipinski definition) is 5. The molecule has 1 heterocycles. The van der Waals surface area contributed by atoms with Gasteiger partial charge in [0.25, 0.3) is 0 Å². The van der Waals surface area contributed by atoms with Crippen molar-refractivity contribution < 1.29 is 32.3 Å². The molecule has 0 spiro atoms. The lowest BCUT2D eigenvalue weighted by Gasteiger charge is -2.36. The molecule has 2 unspecified atom stereocenters. The molecule has 1 fully saturated rings. The van der Waals surface area contributed by atoms with E-state index in [1.807, 2.05) is 0 Å². The minimum Gasteiger partial charge on any atom is -0.467 e. The molecule has 1 aliphatic heterocycles. The van der Waals surface area contributed by atoms with Crippen LogP contribution in [0.15, 0.2) is 0 Å². The fraction of sp³-hybridized carbons (Fsp3) is 0.769. The number of likely N-dealkylation sites (tertiary alicyclic amines) is 1. The summed E-state index contributed by atoms with van der Waals surface area (Å²) in [6, 6.07) is -0.988. The van der Waals surface area contributed by atoms with Crippen molar-refractivity contribution in [2.45, 2.75) is 38.4 Å². The number of thioether (sulfide) groups is 1. The van der Waals surface area contributed by atoms with Gasteiger partial charge in [0.1, 0.15) is 12.0 Å². The van der Waals surface area contributed by atoms with Gasteiger partial charge in [-0.15, -0.1) is 0 Å². The highest BCUT2D eigenvalue weighted by Crippen LogP contribution is 2.33. The zero-order valence-corrected chi connectivity index (χ0v) is 13.1. The molecule has 1 rings (SSSR count). The Labute approximate surface area is 130 Å². The van der Waals surface area contributed by atoms with Crippen LogP contribution in [0.2, 0.25) is 0 Å². The Hall–Kier alpha value is -1.25. The minimum absolute atomic E-state index is 0.0793. The van der Waals surface area contributed by atoms with Crippen LogP contribution in [0.25, 0.3) is 0 Å². The largest absolute Gasteiger partial charge is 0.467 e. The van der Waals surface area contributed by atoms with E-state index in [2.05, 4.69) is 4.74 Å². The highest BCUT2D eigenvalue weighted by atomic mass is 32.2. The third kappa shape index (κ3) is 4.89. The molecule has 1 amide bonds. The normalized spacial score (nSPS) is 20.4. The van der Waals surface area contributed by atoms with E-state index in [0.29, 0.717) is 24.6 Å². The van der Waals surface area contributed by atoms with Gasteiger partial charge in [-0.1, -0.05) is 11.8 Å². The van der Waals surface area contributed by atoms with Gasteiger partial charge < -0.3 is 9.64 Å². The Morgan fingerprint density at radius 1 is 1.32 bits per heavy atom. The van der Waals surface area contributed by atoms with E-state index in [4.69, 9.17) is 0 Å². The number of hydrogen-bond donors (Lipinski definition) is 0. The summed E-state index contributed by atoms with van der Waals surface area (Å²) in [7, 11) is 1.13. The summed E-state index contributed by atoms with van der Waals surface area (Å²) in [5, 5.41) is -0.495. The SMILES string of the molecule is COC(=O)C1CCCCN1C(=O)C(CSC(C)=O)C(F)(F)F. The van der Waals surface area contributed by atoms with Crippen LogP contribution >= 0.6 is 11.8 Å². The van der Waals surface area contributed by atoms with Crippen LogP contribution in [0.3, 0.4) is 0 Å². The Bertz CT molecular complexity index is 441. The van der Waals surface area contributed by atoms with E-state index in [9.17, 15) is 27.6 Å². The Kier molecular flexibility index (Phi) is 6.70. The molecular weight excluding hydrogens is 323 g/mol. The Morgan fingerprint density at radius 2 is 1.95 bits per heavy atom. The molecule has 0 aromatic heterocycles. The number of carbonyl (C=O) groups excluding carboxylic acids is 3. The molecule has 0 aromatic rings. The second-order valence-corrected chi connectivity index (χ2v) is 6.16. The Morgan fingerprint density at radius 3 is 2.45 bits per heavy atom. The molecule has 22 heavy (non-hydrogen) atoms. The number of piperidine rings is 1. The maximum absolute atomic E-state index is 13.1. The third-order valence-corrected chi connectivity index (χ3v) is 4.31. The first-order chi connectivity index (χ1) is 10.2. The van der Waals surface area contributed by atoms with Gasteiger partial charge in [-0.05, 0) is 19.3 Å². The van der Waals surface area contributed by atoms with E-state index >= 15 is 0 Å². The molecular formula is C13H18F3NO4S. The molecule has 0 bridgehead atoms. The molecule has 2 atom stereocenters. The minimum atomic E-state index is -4.77. The van der Waals surface area contributed by atoms with Gasteiger partial charge in [0, 0.05) is 19.2 Å². The van der Waals surface area contributed by atoms with Gasteiger partial charge in [0.05, 0.1) is 7.11 Å². The molecule has 1 aliphatic rings. The standard InChI is InChI=1S/C13H18F3NO4S/c1-8(18)22-7-9(13(14,15)16)11(19)17-6-4-3-5-10(17)12(20)21-2/h9-10H,3-7H2,1-2H3. The molecule has 0 saturated carbocycles. The van der Waals surface area contributed by atoms with Crippen molar-refractivity contribution in [1.82, 2.24) is 4.90 Å². The molecule has 9 heteroatoms. The first-order valence-corrected chi connectivity index (χ1v) is 7.75. The summed E-state index contributed by atoms with van der Waals surface area (Å²) >= 11 is 0.451. The summed E-state index contributed by atoms with van der Waals surface area (Å²) in [6.07, 6.45) is -3.31. The van der Waals surface area contributed by atoms with Gasteiger partial charge in [-0.3, -0.25) is 9.59 Å². The Balaban J connectivity index is 2.94. The highest BCUT2D eigenvalue weighted by Gasteiger charge is 2.48. The van der Waals surface area contributed by atoms with Crippen molar-refractivity contribution in [1.29, 1.82) is 0 Å². The summed E-state index contributed by atoms with van der Waals surface area (Å²) in [5.74, 6) is -4.86. The molecule has 126 valence electrons. The number of rotatable bonds is 4. The van der Waals surface area contributed by atoms with Crippen LogP contribution in [0.1, 0.15) is 26.2 Å². The zero-order chi connectivity index (χ0) is 16.9. The van der Waals surface area contributed by atoms with E-state index in [0.717, 1.165) is 18.9 Å². The molecule has 0 radical (unpaired) electrons. The van der Waals surface area contributed by atoms with Crippen LogP contribution in [-0.4, -0.2) is 53.5 Å². The maximum Gasteiger partial charge on any atom is 0.401 e. The number of nitrogens with zero attached hydrogens (tertiary/aromatic N) is 1. The summed E-state index contributed by atoms with van der Waals surface area (Å²) < 4.78 is 43.9. The number of methoxy groups -OCH3 is 1. The van der Waals surface area contributed by atoms with E-state index < -0.39 is 40.9 Å². The van der Waals surface area contributed by atoms with Gasteiger partial charge in [0.2, 0.25) is 5.91 Å². The molecule has 0 aromatic carbocycles. The van der Waals surface area contributed by atoms with E-state index in [-0.39, 0.29) is 13.0 Å². The van der Waals surface area contributed by atoms with Crippen LogP contribution < -0.4 is 0 Å². The maximum atomic E-state index is 13.1. The van der Waals surface area contributed by atoms with Crippen molar-refractivity contribution in [2.24, 2.45) is 5.92 Å². The predicted octanol–water partition coefficient (Wildman–Crippen LogP) is 2.00. The van der Waals surface area contributed by atoms with Crippen LogP contribution in [0.4, 0.5) is 13.2 Å². The second-order valence-electron chi connectivity index (χ2n) is 4.96. The van der Waals surface area contributed by atoms with E-state index in [1.54, 1.807) is 0 Å². The number of esters is 1. The van der Waals surface area contributed by atoms with Gasteiger partial charge in [-0.25, -0.2) is 4.79 Å². The molecule has 0 N–H and O–H groups in total. The monoisotopic (exact) mass is 341 g/mol. The number of alkyl halides is 3. The summed E-state index contributed by atoms with van der Waals surface area (Å²) in [4.78, 5) is 35.8. The fourth-order valence-corrected chi connectivity index (χ4v) is 3.02. The van der Waals surface area contributed by atoms with Gasteiger partial charge >= 0.3 is 12.1 Å². The lowest BCUT2D eigenvalue weighted by Crippen LogP contribution is -2.53. The summed E-state index contributed by atoms with van der Waals surface area (Å²) in [5.41, 5.74) is 0. The molecule has 0 aliphatic carbocycles. The number of ether oxygens (including phenoxy) is 1. The van der Waals surface area contributed by atoms with Crippen molar-refractivity contribution in [3.8, 4) is 0 Å². The second kappa shape index (κ2) is 7.85.